The Morgan fingerprint density at radius 1 is 1.12 bits per heavy atom. The van der Waals surface area contributed by atoms with Crippen molar-refractivity contribution in [2.75, 3.05) is 6.61 Å². The maximum Gasteiger partial charge on any atom is 0.491 e. The molecule has 1 heterocycles. The molecule has 134 valence electrons. The molecule has 0 atom stereocenters. The average Bonchev–Trinajstić information content (AvgIpc) is 2.69. The van der Waals surface area contributed by atoms with E-state index in [4.69, 9.17) is 14.0 Å². The molecule has 1 aliphatic rings. The molecular formula is C19H31BO4. The lowest BCUT2D eigenvalue weighted by molar-refractivity contribution is -0.140. The first-order valence-corrected chi connectivity index (χ1v) is 8.84. The van der Waals surface area contributed by atoms with Gasteiger partial charge in [-0.3, -0.25) is 4.79 Å². The normalized spacial score (nSPS) is 19.4. The minimum absolute atomic E-state index is 0.279. The molecule has 0 unspecified atom stereocenters. The van der Waals surface area contributed by atoms with Gasteiger partial charge >= 0.3 is 13.1 Å². The molecule has 0 aromatic heterocycles. The Morgan fingerprint density at radius 3 is 2.17 bits per heavy atom. The molecule has 0 aliphatic carbocycles. The fraction of sp³-hybridized carbons (Fsp3) is 0.737. The first-order valence-electron chi connectivity index (χ1n) is 8.84. The Balaban J connectivity index is 3.09. The number of allylic oxidation sites excluding steroid dienone is 1. The Kier molecular flexibility index (Phi) is 7.57. The van der Waals surface area contributed by atoms with Crippen molar-refractivity contribution in [3.8, 4) is 11.8 Å². The molecule has 0 spiro atoms. The van der Waals surface area contributed by atoms with Gasteiger partial charge in [-0.15, -0.1) is 0 Å². The minimum atomic E-state index is -0.448. The zero-order valence-corrected chi connectivity index (χ0v) is 16.2. The SMILES string of the molecule is CCCC#C/C(CC)=C(\CCOC(C)=O)B1OC(C)(C)C(C)(C)O1. The standard InChI is InChI=1S/C19H31BO4/c1-8-10-11-12-16(9-2)17(13-14-22-15(3)21)20-23-18(4,5)19(6,7)24-20/h8-10,13-14H2,1-7H3/b17-16+. The van der Waals surface area contributed by atoms with E-state index in [2.05, 4.69) is 25.7 Å². The largest absolute Gasteiger partial charge is 0.491 e. The number of rotatable bonds is 6. The molecule has 24 heavy (non-hydrogen) atoms. The summed E-state index contributed by atoms with van der Waals surface area (Å²) in [5.74, 6) is 6.19. The van der Waals surface area contributed by atoms with Crippen LogP contribution >= 0.6 is 0 Å². The first-order chi connectivity index (χ1) is 11.1. The van der Waals surface area contributed by atoms with Gasteiger partial charge in [0, 0.05) is 19.8 Å². The summed E-state index contributed by atoms with van der Waals surface area (Å²) in [6, 6.07) is 0. The second kappa shape index (κ2) is 8.73. The van der Waals surface area contributed by atoms with Crippen molar-refractivity contribution in [3.05, 3.63) is 11.0 Å². The summed E-state index contributed by atoms with van der Waals surface area (Å²) in [5, 5.41) is 0. The molecule has 0 aromatic carbocycles. The van der Waals surface area contributed by atoms with Crippen LogP contribution in [0.3, 0.4) is 0 Å². The van der Waals surface area contributed by atoms with Crippen molar-refractivity contribution in [3.63, 3.8) is 0 Å². The van der Waals surface area contributed by atoms with Crippen LogP contribution in [0.1, 0.15) is 74.1 Å². The number of hydrogen-bond donors (Lipinski definition) is 0. The van der Waals surface area contributed by atoms with Gasteiger partial charge in [-0.25, -0.2) is 0 Å². The summed E-state index contributed by atoms with van der Waals surface area (Å²) in [5.41, 5.74) is 1.20. The smallest absolute Gasteiger partial charge is 0.466 e. The van der Waals surface area contributed by atoms with E-state index in [1.807, 2.05) is 27.7 Å². The highest BCUT2D eigenvalue weighted by Gasteiger charge is 2.52. The van der Waals surface area contributed by atoms with Crippen LogP contribution in [0.2, 0.25) is 0 Å². The molecule has 5 heteroatoms. The van der Waals surface area contributed by atoms with E-state index in [9.17, 15) is 4.79 Å². The number of ether oxygens (including phenoxy) is 1. The molecule has 0 N–H and O–H groups in total. The van der Waals surface area contributed by atoms with Crippen molar-refractivity contribution in [2.24, 2.45) is 0 Å². The van der Waals surface area contributed by atoms with Crippen molar-refractivity contribution < 1.29 is 18.8 Å². The van der Waals surface area contributed by atoms with Gasteiger partial charge < -0.3 is 14.0 Å². The van der Waals surface area contributed by atoms with Gasteiger partial charge in [0.25, 0.3) is 0 Å². The molecule has 0 aromatic rings. The maximum absolute atomic E-state index is 11.1. The third-order valence-corrected chi connectivity index (χ3v) is 4.57. The van der Waals surface area contributed by atoms with E-state index in [0.29, 0.717) is 13.0 Å². The van der Waals surface area contributed by atoms with Gasteiger partial charge in [0.15, 0.2) is 0 Å². The second-order valence-corrected chi connectivity index (χ2v) is 7.09. The Labute approximate surface area is 147 Å². The summed E-state index contributed by atoms with van der Waals surface area (Å²) in [6.07, 6.45) is 3.27. The van der Waals surface area contributed by atoms with Crippen LogP contribution in [0.5, 0.6) is 0 Å². The predicted octanol–water partition coefficient (Wildman–Crippen LogP) is 4.08. The summed E-state index contributed by atoms with van der Waals surface area (Å²) < 4.78 is 17.5. The molecule has 0 bridgehead atoms. The summed E-state index contributed by atoms with van der Waals surface area (Å²) in [4.78, 5) is 11.1. The van der Waals surface area contributed by atoms with E-state index < -0.39 is 18.3 Å². The predicted molar refractivity (Wildman–Crippen MR) is 97.3 cm³/mol. The van der Waals surface area contributed by atoms with Gasteiger partial charge in [-0.1, -0.05) is 25.7 Å². The lowest BCUT2D eigenvalue weighted by Gasteiger charge is -2.32. The number of hydrogen-bond acceptors (Lipinski definition) is 4. The second-order valence-electron chi connectivity index (χ2n) is 7.09. The first kappa shape index (κ1) is 20.8. The lowest BCUT2D eigenvalue weighted by Crippen LogP contribution is -2.41. The highest BCUT2D eigenvalue weighted by Crippen LogP contribution is 2.39. The lowest BCUT2D eigenvalue weighted by atomic mass is 9.73. The highest BCUT2D eigenvalue weighted by atomic mass is 16.7. The Hall–Kier alpha value is -1.25. The van der Waals surface area contributed by atoms with E-state index in [-0.39, 0.29) is 5.97 Å². The summed E-state index contributed by atoms with van der Waals surface area (Å²) in [6.45, 7) is 14.0. The van der Waals surface area contributed by atoms with Crippen LogP contribution in [-0.2, 0) is 18.8 Å². The monoisotopic (exact) mass is 334 g/mol. The number of esters is 1. The van der Waals surface area contributed by atoms with E-state index in [1.54, 1.807) is 0 Å². The molecular weight excluding hydrogens is 303 g/mol. The molecule has 1 saturated heterocycles. The quantitative estimate of drug-likeness (QED) is 0.417. The van der Waals surface area contributed by atoms with Crippen LogP contribution in [0, 0.1) is 11.8 Å². The zero-order valence-electron chi connectivity index (χ0n) is 16.2. The Morgan fingerprint density at radius 2 is 1.71 bits per heavy atom. The van der Waals surface area contributed by atoms with Gasteiger partial charge in [0.1, 0.15) is 0 Å². The number of carbonyl (C=O) groups excluding carboxylic acids is 1. The average molecular weight is 334 g/mol. The van der Waals surface area contributed by atoms with Gasteiger partial charge in [-0.2, -0.15) is 0 Å². The van der Waals surface area contributed by atoms with Crippen molar-refractivity contribution in [1.29, 1.82) is 0 Å². The van der Waals surface area contributed by atoms with Crippen LogP contribution in [0.15, 0.2) is 11.0 Å². The molecule has 4 nitrogen and oxygen atoms in total. The highest BCUT2D eigenvalue weighted by molar-refractivity contribution is 6.55. The maximum atomic E-state index is 11.1. The Bertz CT molecular complexity index is 521. The van der Waals surface area contributed by atoms with E-state index in [1.165, 1.54) is 6.92 Å². The van der Waals surface area contributed by atoms with Crippen molar-refractivity contribution in [2.45, 2.75) is 85.4 Å². The van der Waals surface area contributed by atoms with E-state index >= 15 is 0 Å². The van der Waals surface area contributed by atoms with Crippen LogP contribution in [0.25, 0.3) is 0 Å². The molecule has 1 aliphatic heterocycles. The van der Waals surface area contributed by atoms with Crippen LogP contribution in [0.4, 0.5) is 0 Å². The van der Waals surface area contributed by atoms with Crippen molar-refractivity contribution >= 4 is 13.1 Å². The molecule has 0 saturated carbocycles. The number of unbranched alkanes of at least 4 members (excludes halogenated alkanes) is 1. The summed E-state index contributed by atoms with van der Waals surface area (Å²) >= 11 is 0. The van der Waals surface area contributed by atoms with Crippen LogP contribution < -0.4 is 0 Å². The van der Waals surface area contributed by atoms with Gasteiger partial charge in [0.05, 0.1) is 17.8 Å². The van der Waals surface area contributed by atoms with Crippen molar-refractivity contribution in [1.82, 2.24) is 0 Å². The molecule has 0 amide bonds. The zero-order chi connectivity index (χ0) is 18.4. The fourth-order valence-corrected chi connectivity index (χ4v) is 2.39. The van der Waals surface area contributed by atoms with Gasteiger partial charge in [-0.05, 0) is 51.6 Å². The summed E-state index contributed by atoms with van der Waals surface area (Å²) in [7, 11) is -0.448. The third kappa shape index (κ3) is 5.39. The molecule has 1 rings (SSSR count). The fourth-order valence-electron chi connectivity index (χ4n) is 2.39. The van der Waals surface area contributed by atoms with Crippen LogP contribution in [-0.4, -0.2) is 30.9 Å². The van der Waals surface area contributed by atoms with Gasteiger partial charge in [0.2, 0.25) is 0 Å². The molecule has 1 fully saturated rings. The number of carbonyl (C=O) groups is 1. The van der Waals surface area contributed by atoms with E-state index in [0.717, 1.165) is 30.3 Å². The molecule has 0 radical (unpaired) electrons. The third-order valence-electron chi connectivity index (χ3n) is 4.57. The minimum Gasteiger partial charge on any atom is -0.466 e. The topological polar surface area (TPSA) is 44.8 Å².